The maximum absolute atomic E-state index is 10.7. The number of benzene rings is 2. The van der Waals surface area contributed by atoms with Crippen molar-refractivity contribution in [2.24, 2.45) is 0 Å². The molecule has 0 radical (unpaired) electrons. The molecule has 2 aromatic rings. The molecule has 2 rings (SSSR count). The SMILES string of the molecule is CCN(C)C[C@@H](O)C(c1ccccc1)c1ccccc1. The topological polar surface area (TPSA) is 23.5 Å². The van der Waals surface area contributed by atoms with Gasteiger partial charge in [-0.15, -0.1) is 0 Å². The van der Waals surface area contributed by atoms with Crippen LogP contribution >= 0.6 is 0 Å². The lowest BCUT2D eigenvalue weighted by Gasteiger charge is -2.27. The smallest absolute Gasteiger partial charge is 0.0775 e. The van der Waals surface area contributed by atoms with Crippen LogP contribution in [0.3, 0.4) is 0 Å². The van der Waals surface area contributed by atoms with Crippen LogP contribution in [0.5, 0.6) is 0 Å². The van der Waals surface area contributed by atoms with Gasteiger partial charge in [0, 0.05) is 12.5 Å². The number of likely N-dealkylation sites (N-methyl/N-ethyl adjacent to an activating group) is 1. The summed E-state index contributed by atoms with van der Waals surface area (Å²) in [5, 5.41) is 10.7. The van der Waals surface area contributed by atoms with Crippen LogP contribution in [0.25, 0.3) is 0 Å². The third-order valence-electron chi connectivity index (χ3n) is 3.74. The van der Waals surface area contributed by atoms with Gasteiger partial charge in [0.25, 0.3) is 0 Å². The summed E-state index contributed by atoms with van der Waals surface area (Å²) in [4.78, 5) is 2.14. The quantitative estimate of drug-likeness (QED) is 0.871. The van der Waals surface area contributed by atoms with Gasteiger partial charge in [-0.3, -0.25) is 0 Å². The van der Waals surface area contributed by atoms with Crippen molar-refractivity contribution in [3.63, 3.8) is 0 Å². The largest absolute Gasteiger partial charge is 0.391 e. The van der Waals surface area contributed by atoms with Gasteiger partial charge in [0.2, 0.25) is 0 Å². The Balaban J connectivity index is 2.30. The van der Waals surface area contributed by atoms with Gasteiger partial charge in [0.15, 0.2) is 0 Å². The van der Waals surface area contributed by atoms with Crippen molar-refractivity contribution in [2.45, 2.75) is 18.9 Å². The molecule has 0 spiro atoms. The molecule has 0 amide bonds. The second-order valence-electron chi connectivity index (χ2n) is 5.22. The summed E-state index contributed by atoms with van der Waals surface area (Å²) in [5.74, 6) is 0.0198. The van der Waals surface area contributed by atoms with Crippen molar-refractivity contribution >= 4 is 0 Å². The van der Waals surface area contributed by atoms with E-state index in [9.17, 15) is 5.11 Å². The van der Waals surface area contributed by atoms with E-state index in [2.05, 4.69) is 36.1 Å². The van der Waals surface area contributed by atoms with Gasteiger partial charge in [0.05, 0.1) is 6.10 Å². The van der Waals surface area contributed by atoms with Crippen LogP contribution < -0.4 is 0 Å². The zero-order valence-corrected chi connectivity index (χ0v) is 12.2. The van der Waals surface area contributed by atoms with Crippen molar-refractivity contribution in [1.82, 2.24) is 4.90 Å². The van der Waals surface area contributed by atoms with E-state index in [1.807, 2.05) is 43.4 Å². The highest BCUT2D eigenvalue weighted by Gasteiger charge is 2.23. The summed E-state index contributed by atoms with van der Waals surface area (Å²) in [7, 11) is 2.04. The van der Waals surface area contributed by atoms with E-state index in [4.69, 9.17) is 0 Å². The molecule has 1 atom stereocenters. The first-order valence-corrected chi connectivity index (χ1v) is 7.19. The molecule has 0 aliphatic carbocycles. The maximum Gasteiger partial charge on any atom is 0.0775 e. The lowest BCUT2D eigenvalue weighted by Crippen LogP contribution is -2.33. The van der Waals surface area contributed by atoms with Crippen LogP contribution in [0, 0.1) is 0 Å². The number of rotatable bonds is 6. The average Bonchev–Trinajstić information content (AvgIpc) is 2.49. The zero-order chi connectivity index (χ0) is 14.4. The third kappa shape index (κ3) is 3.69. The third-order valence-corrected chi connectivity index (χ3v) is 3.74. The predicted molar refractivity (Wildman–Crippen MR) is 83.9 cm³/mol. The Bertz CT molecular complexity index is 458. The molecule has 106 valence electrons. The lowest BCUT2D eigenvalue weighted by atomic mass is 9.86. The van der Waals surface area contributed by atoms with Gasteiger partial charge >= 0.3 is 0 Å². The van der Waals surface area contributed by atoms with Crippen LogP contribution in [0.15, 0.2) is 60.7 Å². The molecule has 0 aliphatic rings. The first-order valence-electron chi connectivity index (χ1n) is 7.19. The molecule has 0 aliphatic heterocycles. The standard InChI is InChI=1S/C18H23NO/c1-3-19(2)14-17(20)18(15-10-6-4-7-11-15)16-12-8-5-9-13-16/h4-13,17-18,20H,3,14H2,1-2H3/t17-/m1/s1. The molecule has 0 bridgehead atoms. The second kappa shape index (κ2) is 7.22. The van der Waals surface area contributed by atoms with E-state index in [1.165, 1.54) is 0 Å². The summed E-state index contributed by atoms with van der Waals surface area (Å²) >= 11 is 0. The highest BCUT2D eigenvalue weighted by Crippen LogP contribution is 2.28. The fourth-order valence-electron chi connectivity index (χ4n) is 2.51. The summed E-state index contributed by atoms with van der Waals surface area (Å²) in [6.45, 7) is 3.71. The van der Waals surface area contributed by atoms with Crippen molar-refractivity contribution in [2.75, 3.05) is 20.1 Å². The average molecular weight is 269 g/mol. The van der Waals surface area contributed by atoms with Crippen molar-refractivity contribution < 1.29 is 5.11 Å². The molecule has 0 fully saturated rings. The fourth-order valence-corrected chi connectivity index (χ4v) is 2.51. The Hall–Kier alpha value is -1.64. The van der Waals surface area contributed by atoms with Gasteiger partial charge in [-0.1, -0.05) is 67.6 Å². The Kier molecular flexibility index (Phi) is 5.33. The maximum atomic E-state index is 10.7. The Morgan fingerprint density at radius 3 is 1.75 bits per heavy atom. The van der Waals surface area contributed by atoms with Crippen molar-refractivity contribution in [1.29, 1.82) is 0 Å². The van der Waals surface area contributed by atoms with Gasteiger partial charge in [-0.05, 0) is 24.7 Å². The molecule has 0 saturated heterocycles. The minimum Gasteiger partial charge on any atom is -0.391 e. The Morgan fingerprint density at radius 2 is 1.35 bits per heavy atom. The first kappa shape index (κ1) is 14.8. The Labute approximate surface area is 121 Å². The number of aliphatic hydroxyl groups is 1. The Morgan fingerprint density at radius 1 is 0.900 bits per heavy atom. The second-order valence-corrected chi connectivity index (χ2v) is 5.22. The highest BCUT2D eigenvalue weighted by molar-refractivity contribution is 5.33. The summed E-state index contributed by atoms with van der Waals surface area (Å²) in [5.41, 5.74) is 2.33. The molecule has 0 aromatic heterocycles. The van der Waals surface area contributed by atoms with Crippen LogP contribution in [0.1, 0.15) is 24.0 Å². The molecule has 20 heavy (non-hydrogen) atoms. The first-order chi connectivity index (χ1) is 9.72. The minimum absolute atomic E-state index is 0.0198. The predicted octanol–water partition coefficient (Wildman–Crippen LogP) is 3.13. The van der Waals surface area contributed by atoms with Crippen LogP contribution in [0.4, 0.5) is 0 Å². The molecule has 2 aromatic carbocycles. The van der Waals surface area contributed by atoms with E-state index in [0.29, 0.717) is 6.54 Å². The van der Waals surface area contributed by atoms with E-state index >= 15 is 0 Å². The van der Waals surface area contributed by atoms with Gasteiger partial charge < -0.3 is 10.0 Å². The van der Waals surface area contributed by atoms with Crippen LogP contribution in [0.2, 0.25) is 0 Å². The highest BCUT2D eigenvalue weighted by atomic mass is 16.3. The summed E-state index contributed by atoms with van der Waals surface area (Å²) in [6.07, 6.45) is -0.412. The van der Waals surface area contributed by atoms with E-state index in [1.54, 1.807) is 0 Å². The molecule has 1 N–H and O–H groups in total. The normalized spacial score (nSPS) is 12.8. The number of hydrogen-bond acceptors (Lipinski definition) is 2. The molecular weight excluding hydrogens is 246 g/mol. The van der Waals surface area contributed by atoms with Gasteiger partial charge in [-0.25, -0.2) is 0 Å². The van der Waals surface area contributed by atoms with Crippen LogP contribution in [-0.2, 0) is 0 Å². The molecule has 0 heterocycles. The molecule has 2 nitrogen and oxygen atoms in total. The van der Waals surface area contributed by atoms with E-state index in [0.717, 1.165) is 17.7 Å². The van der Waals surface area contributed by atoms with E-state index < -0.39 is 6.10 Å². The molecule has 0 saturated carbocycles. The van der Waals surface area contributed by atoms with Gasteiger partial charge in [0.1, 0.15) is 0 Å². The van der Waals surface area contributed by atoms with Gasteiger partial charge in [-0.2, -0.15) is 0 Å². The number of nitrogens with zero attached hydrogens (tertiary/aromatic N) is 1. The summed E-state index contributed by atoms with van der Waals surface area (Å²) < 4.78 is 0. The van der Waals surface area contributed by atoms with Crippen molar-refractivity contribution in [3.05, 3.63) is 71.8 Å². The fraction of sp³-hybridized carbons (Fsp3) is 0.333. The van der Waals surface area contributed by atoms with E-state index in [-0.39, 0.29) is 5.92 Å². The molecule has 0 unspecified atom stereocenters. The molecular formula is C18H23NO. The lowest BCUT2D eigenvalue weighted by molar-refractivity contribution is 0.113. The van der Waals surface area contributed by atoms with Crippen LogP contribution in [-0.4, -0.2) is 36.2 Å². The number of aliphatic hydroxyl groups excluding tert-OH is 1. The monoisotopic (exact) mass is 269 g/mol. The summed E-state index contributed by atoms with van der Waals surface area (Å²) in [6, 6.07) is 20.5. The zero-order valence-electron chi connectivity index (χ0n) is 12.2. The molecule has 2 heteroatoms. The number of hydrogen-bond donors (Lipinski definition) is 1. The minimum atomic E-state index is -0.412. The van der Waals surface area contributed by atoms with Crippen molar-refractivity contribution in [3.8, 4) is 0 Å².